The smallest absolute Gasteiger partial charge is 0.213 e. The molecule has 0 atom stereocenters. The predicted octanol–water partition coefficient (Wildman–Crippen LogP) is 2.34. The van der Waals surface area contributed by atoms with E-state index in [1.807, 2.05) is 44.2 Å². The summed E-state index contributed by atoms with van der Waals surface area (Å²) in [7, 11) is 0. The van der Waals surface area contributed by atoms with Crippen LogP contribution in [0.1, 0.15) is 12.6 Å². The van der Waals surface area contributed by atoms with Crippen molar-refractivity contribution in [1.82, 2.24) is 4.98 Å². The highest BCUT2D eigenvalue weighted by Gasteiger charge is 1.91. The van der Waals surface area contributed by atoms with Crippen LogP contribution in [0, 0.1) is 6.92 Å². The highest BCUT2D eigenvalue weighted by molar-refractivity contribution is 5.14. The molecule has 0 unspecified atom stereocenters. The zero-order valence-corrected chi connectivity index (χ0v) is 7.45. The van der Waals surface area contributed by atoms with Crippen LogP contribution in [-0.2, 0) is 0 Å². The molecule has 1 aromatic heterocycles. The van der Waals surface area contributed by atoms with Crippen molar-refractivity contribution in [2.75, 3.05) is 6.61 Å². The van der Waals surface area contributed by atoms with Crippen LogP contribution < -0.4 is 4.74 Å². The first-order chi connectivity index (χ1) is 5.83. The Bertz CT molecular complexity index is 268. The molecule has 64 valence electrons. The van der Waals surface area contributed by atoms with Crippen molar-refractivity contribution in [3.05, 3.63) is 36.0 Å². The van der Waals surface area contributed by atoms with Gasteiger partial charge in [-0.25, -0.2) is 4.98 Å². The molecule has 0 radical (unpaired) electrons. The van der Waals surface area contributed by atoms with Gasteiger partial charge in [-0.2, -0.15) is 0 Å². The van der Waals surface area contributed by atoms with E-state index in [0.29, 0.717) is 12.5 Å². The molecule has 0 amide bonds. The van der Waals surface area contributed by atoms with E-state index < -0.39 is 0 Å². The van der Waals surface area contributed by atoms with Crippen LogP contribution in [0.5, 0.6) is 5.88 Å². The summed E-state index contributed by atoms with van der Waals surface area (Å²) >= 11 is 0. The monoisotopic (exact) mass is 163 g/mol. The van der Waals surface area contributed by atoms with Gasteiger partial charge in [0, 0.05) is 11.8 Å². The molecule has 0 aliphatic carbocycles. The maximum atomic E-state index is 5.33. The lowest BCUT2D eigenvalue weighted by atomic mass is 10.4. The van der Waals surface area contributed by atoms with Gasteiger partial charge in [0.25, 0.3) is 0 Å². The minimum absolute atomic E-state index is 0.590. The number of hydrogen-bond donors (Lipinski definition) is 0. The number of rotatable bonds is 3. The van der Waals surface area contributed by atoms with E-state index in [9.17, 15) is 0 Å². The van der Waals surface area contributed by atoms with E-state index in [4.69, 9.17) is 4.74 Å². The van der Waals surface area contributed by atoms with E-state index in [-0.39, 0.29) is 0 Å². The molecule has 0 saturated carbocycles. The lowest BCUT2D eigenvalue weighted by molar-refractivity contribution is 0.347. The molecule has 12 heavy (non-hydrogen) atoms. The Hall–Kier alpha value is -1.31. The van der Waals surface area contributed by atoms with E-state index in [1.165, 1.54) is 0 Å². The second-order valence-corrected chi connectivity index (χ2v) is 2.50. The number of aryl methyl sites for hydroxylation is 1. The lowest BCUT2D eigenvalue weighted by Crippen LogP contribution is -1.95. The molecular weight excluding hydrogens is 150 g/mol. The minimum atomic E-state index is 0.590. The quantitative estimate of drug-likeness (QED) is 0.638. The first-order valence-electron chi connectivity index (χ1n) is 4.00. The third-order valence-corrected chi connectivity index (χ3v) is 1.43. The average molecular weight is 163 g/mol. The lowest BCUT2D eigenvalue weighted by Gasteiger charge is -2.01. The number of nitrogens with zero attached hydrogens (tertiary/aromatic N) is 1. The van der Waals surface area contributed by atoms with Gasteiger partial charge in [0.1, 0.15) is 6.61 Å². The van der Waals surface area contributed by atoms with Crippen molar-refractivity contribution in [1.29, 1.82) is 0 Å². The average Bonchev–Trinajstić information content (AvgIpc) is 2.05. The van der Waals surface area contributed by atoms with Crippen LogP contribution in [0.15, 0.2) is 30.4 Å². The molecule has 0 aromatic carbocycles. The first-order valence-corrected chi connectivity index (χ1v) is 4.00. The second kappa shape index (κ2) is 4.54. The fourth-order valence-electron chi connectivity index (χ4n) is 0.828. The number of allylic oxidation sites excluding steroid dienone is 1. The summed E-state index contributed by atoms with van der Waals surface area (Å²) < 4.78 is 5.33. The standard InChI is InChI=1S/C10H13NO/c1-3-4-8-12-10-7-5-6-9(2)11-10/h3-7H,8H2,1-2H3/b4-3+. The minimum Gasteiger partial charge on any atom is -0.473 e. The van der Waals surface area contributed by atoms with Gasteiger partial charge in [-0.15, -0.1) is 0 Å². The summed E-state index contributed by atoms with van der Waals surface area (Å²) in [5, 5.41) is 0. The Morgan fingerprint density at radius 2 is 2.33 bits per heavy atom. The van der Waals surface area contributed by atoms with Gasteiger partial charge >= 0.3 is 0 Å². The number of pyridine rings is 1. The van der Waals surface area contributed by atoms with Gasteiger partial charge in [-0.05, 0) is 19.9 Å². The summed E-state index contributed by atoms with van der Waals surface area (Å²) in [5.74, 6) is 0.688. The molecule has 0 aliphatic rings. The molecule has 2 nitrogen and oxygen atoms in total. The van der Waals surface area contributed by atoms with E-state index >= 15 is 0 Å². The molecule has 0 bridgehead atoms. The largest absolute Gasteiger partial charge is 0.473 e. The maximum Gasteiger partial charge on any atom is 0.213 e. The Morgan fingerprint density at radius 3 is 3.00 bits per heavy atom. The number of aromatic nitrogens is 1. The van der Waals surface area contributed by atoms with Gasteiger partial charge in [-0.3, -0.25) is 0 Å². The topological polar surface area (TPSA) is 22.1 Å². The fraction of sp³-hybridized carbons (Fsp3) is 0.300. The second-order valence-electron chi connectivity index (χ2n) is 2.50. The molecule has 1 rings (SSSR count). The van der Waals surface area contributed by atoms with Crippen LogP contribution in [0.2, 0.25) is 0 Å². The highest BCUT2D eigenvalue weighted by Crippen LogP contribution is 2.05. The van der Waals surface area contributed by atoms with Gasteiger partial charge in [0.15, 0.2) is 0 Å². The van der Waals surface area contributed by atoms with Gasteiger partial charge in [-0.1, -0.05) is 18.2 Å². The van der Waals surface area contributed by atoms with Crippen molar-refractivity contribution in [2.45, 2.75) is 13.8 Å². The molecule has 0 N–H and O–H groups in total. The van der Waals surface area contributed by atoms with E-state index in [0.717, 1.165) is 5.69 Å². The zero-order chi connectivity index (χ0) is 8.81. The van der Waals surface area contributed by atoms with Crippen LogP contribution in [0.4, 0.5) is 0 Å². The van der Waals surface area contributed by atoms with Gasteiger partial charge < -0.3 is 4.74 Å². The Morgan fingerprint density at radius 1 is 1.50 bits per heavy atom. The van der Waals surface area contributed by atoms with Crippen molar-refractivity contribution >= 4 is 0 Å². The van der Waals surface area contributed by atoms with Crippen molar-refractivity contribution in [3.63, 3.8) is 0 Å². The first kappa shape index (κ1) is 8.78. The van der Waals surface area contributed by atoms with Crippen LogP contribution >= 0.6 is 0 Å². The summed E-state index contributed by atoms with van der Waals surface area (Å²) in [6.07, 6.45) is 3.90. The van der Waals surface area contributed by atoms with Gasteiger partial charge in [0.05, 0.1) is 0 Å². The molecule has 0 aliphatic heterocycles. The molecule has 0 fully saturated rings. The van der Waals surface area contributed by atoms with Crippen molar-refractivity contribution < 1.29 is 4.74 Å². The fourth-order valence-corrected chi connectivity index (χ4v) is 0.828. The molecule has 0 spiro atoms. The number of ether oxygens (including phenoxy) is 1. The summed E-state index contributed by atoms with van der Waals surface area (Å²) in [4.78, 5) is 4.19. The Kier molecular flexibility index (Phi) is 3.33. The molecule has 0 saturated heterocycles. The predicted molar refractivity (Wildman–Crippen MR) is 49.3 cm³/mol. The van der Waals surface area contributed by atoms with Crippen LogP contribution in [-0.4, -0.2) is 11.6 Å². The van der Waals surface area contributed by atoms with Gasteiger partial charge in [0.2, 0.25) is 5.88 Å². The molecule has 1 aromatic rings. The van der Waals surface area contributed by atoms with E-state index in [1.54, 1.807) is 0 Å². The summed E-state index contributed by atoms with van der Waals surface area (Å²) in [5.41, 5.74) is 0.980. The third kappa shape index (κ3) is 2.74. The SMILES string of the molecule is C/C=C/COc1cccc(C)n1. The number of hydrogen-bond acceptors (Lipinski definition) is 2. The summed E-state index contributed by atoms with van der Waals surface area (Å²) in [6, 6.07) is 5.74. The molecular formula is C10H13NO. The maximum absolute atomic E-state index is 5.33. The highest BCUT2D eigenvalue weighted by atomic mass is 16.5. The zero-order valence-electron chi connectivity index (χ0n) is 7.45. The molecule has 2 heteroatoms. The summed E-state index contributed by atoms with van der Waals surface area (Å²) in [6.45, 7) is 4.50. The van der Waals surface area contributed by atoms with Crippen LogP contribution in [0.3, 0.4) is 0 Å². The third-order valence-electron chi connectivity index (χ3n) is 1.43. The van der Waals surface area contributed by atoms with Crippen molar-refractivity contribution in [3.8, 4) is 5.88 Å². The van der Waals surface area contributed by atoms with Crippen LogP contribution in [0.25, 0.3) is 0 Å². The normalized spacial score (nSPS) is 10.5. The van der Waals surface area contributed by atoms with Crippen molar-refractivity contribution in [2.24, 2.45) is 0 Å². The molecule has 1 heterocycles. The van der Waals surface area contributed by atoms with E-state index in [2.05, 4.69) is 4.98 Å². The Balaban J connectivity index is 2.52. The Labute approximate surface area is 72.9 Å².